The first-order valence-electron chi connectivity index (χ1n) is 9.61. The Balaban J connectivity index is 1.52. The number of nitrogens with one attached hydrogen (secondary N) is 1. The first-order chi connectivity index (χ1) is 15.0. The van der Waals surface area contributed by atoms with Crippen molar-refractivity contribution in [1.82, 2.24) is 24.9 Å². The summed E-state index contributed by atoms with van der Waals surface area (Å²) >= 11 is 0. The van der Waals surface area contributed by atoms with Crippen LogP contribution >= 0.6 is 0 Å². The molecule has 0 aliphatic rings. The lowest BCUT2D eigenvalue weighted by molar-refractivity contribution is 0.0941. The Labute approximate surface area is 179 Å². The number of furan rings is 1. The van der Waals surface area contributed by atoms with E-state index in [4.69, 9.17) is 13.9 Å². The zero-order valence-corrected chi connectivity index (χ0v) is 17.7. The molecule has 1 aromatic carbocycles. The van der Waals surface area contributed by atoms with Crippen LogP contribution in [0.3, 0.4) is 0 Å². The highest BCUT2D eigenvalue weighted by Gasteiger charge is 2.18. The SMILES string of the molecule is COc1ccc(OC)c(-c2cc(C(=O)NCc3cc(-c4ccco4)n(C)n3)n(C)n2)c1. The first kappa shape index (κ1) is 20.3. The van der Waals surface area contributed by atoms with Gasteiger partial charge >= 0.3 is 0 Å². The predicted octanol–water partition coefficient (Wildman–Crippen LogP) is 3.03. The number of carbonyl (C=O) groups is 1. The molecule has 0 aliphatic heterocycles. The lowest BCUT2D eigenvalue weighted by Crippen LogP contribution is -2.25. The zero-order valence-electron chi connectivity index (χ0n) is 17.7. The Kier molecular flexibility index (Phi) is 5.48. The van der Waals surface area contributed by atoms with Crippen LogP contribution in [0.5, 0.6) is 11.5 Å². The number of rotatable bonds is 7. The van der Waals surface area contributed by atoms with Gasteiger partial charge in [-0.1, -0.05) is 0 Å². The largest absolute Gasteiger partial charge is 0.497 e. The third-order valence-electron chi connectivity index (χ3n) is 4.93. The standard InChI is InChI=1S/C22H23N5O4/c1-26-18(21-6-5-9-31-21)10-14(24-26)13-23-22(28)19-12-17(25-27(19)2)16-11-15(29-3)7-8-20(16)30-4/h5-12H,13H2,1-4H3,(H,23,28). The van der Waals surface area contributed by atoms with Gasteiger partial charge in [0.25, 0.3) is 5.91 Å². The van der Waals surface area contributed by atoms with Gasteiger partial charge in [-0.15, -0.1) is 0 Å². The molecule has 9 nitrogen and oxygen atoms in total. The number of aryl methyl sites for hydroxylation is 2. The van der Waals surface area contributed by atoms with E-state index in [0.29, 0.717) is 22.9 Å². The lowest BCUT2D eigenvalue weighted by Gasteiger charge is -2.08. The fourth-order valence-corrected chi connectivity index (χ4v) is 3.35. The summed E-state index contributed by atoms with van der Waals surface area (Å²) in [4.78, 5) is 12.8. The molecule has 0 unspecified atom stereocenters. The molecule has 0 bridgehead atoms. The molecule has 0 spiro atoms. The quantitative estimate of drug-likeness (QED) is 0.493. The Morgan fingerprint density at radius 1 is 1.06 bits per heavy atom. The highest BCUT2D eigenvalue weighted by molar-refractivity contribution is 5.93. The summed E-state index contributed by atoms with van der Waals surface area (Å²) < 4.78 is 19.4. The molecule has 9 heteroatoms. The molecule has 1 amide bonds. The monoisotopic (exact) mass is 421 g/mol. The van der Waals surface area contributed by atoms with Crippen molar-refractivity contribution >= 4 is 5.91 Å². The van der Waals surface area contributed by atoms with Gasteiger partial charge in [0.2, 0.25) is 0 Å². The number of benzene rings is 1. The van der Waals surface area contributed by atoms with Crippen LogP contribution in [-0.2, 0) is 20.6 Å². The molecule has 0 saturated heterocycles. The number of hydrogen-bond donors (Lipinski definition) is 1. The summed E-state index contributed by atoms with van der Waals surface area (Å²) in [6.45, 7) is 0.274. The molecule has 0 aliphatic carbocycles. The second-order valence-corrected chi connectivity index (χ2v) is 6.91. The van der Waals surface area contributed by atoms with Crippen LogP contribution in [0.1, 0.15) is 16.2 Å². The van der Waals surface area contributed by atoms with Crippen LogP contribution in [0.25, 0.3) is 22.7 Å². The third kappa shape index (κ3) is 4.02. The number of hydrogen-bond acceptors (Lipinski definition) is 6. The number of amides is 1. The molecule has 0 fully saturated rings. The van der Waals surface area contributed by atoms with Gasteiger partial charge < -0.3 is 19.2 Å². The minimum atomic E-state index is -0.256. The van der Waals surface area contributed by atoms with E-state index in [1.165, 1.54) is 4.68 Å². The molecule has 160 valence electrons. The van der Waals surface area contributed by atoms with E-state index in [2.05, 4.69) is 15.5 Å². The summed E-state index contributed by atoms with van der Waals surface area (Å²) in [5.74, 6) is 1.78. The van der Waals surface area contributed by atoms with Crippen LogP contribution in [0.2, 0.25) is 0 Å². The average Bonchev–Trinajstić information content (AvgIpc) is 3.51. The van der Waals surface area contributed by atoms with Crippen LogP contribution in [0.4, 0.5) is 0 Å². The molecule has 4 aromatic rings. The number of carbonyl (C=O) groups excluding carboxylic acids is 1. The van der Waals surface area contributed by atoms with Gasteiger partial charge in [-0.25, -0.2) is 0 Å². The molecular weight excluding hydrogens is 398 g/mol. The van der Waals surface area contributed by atoms with Crippen molar-refractivity contribution < 1.29 is 18.7 Å². The summed E-state index contributed by atoms with van der Waals surface area (Å²) in [6.07, 6.45) is 1.61. The lowest BCUT2D eigenvalue weighted by atomic mass is 10.1. The van der Waals surface area contributed by atoms with Crippen molar-refractivity contribution in [2.24, 2.45) is 14.1 Å². The zero-order chi connectivity index (χ0) is 22.0. The van der Waals surface area contributed by atoms with E-state index in [1.807, 2.05) is 37.4 Å². The number of ether oxygens (including phenoxy) is 2. The Bertz CT molecular complexity index is 1210. The second-order valence-electron chi connectivity index (χ2n) is 6.91. The fraction of sp³-hybridized carbons (Fsp3) is 0.227. The van der Waals surface area contributed by atoms with Crippen LogP contribution in [0.15, 0.2) is 53.1 Å². The molecule has 1 N–H and O–H groups in total. The van der Waals surface area contributed by atoms with Gasteiger partial charge in [0.05, 0.1) is 38.4 Å². The van der Waals surface area contributed by atoms with Crippen molar-refractivity contribution in [2.45, 2.75) is 6.54 Å². The van der Waals surface area contributed by atoms with Crippen LogP contribution in [0, 0.1) is 0 Å². The third-order valence-corrected chi connectivity index (χ3v) is 4.93. The molecule has 3 heterocycles. The summed E-state index contributed by atoms with van der Waals surface area (Å²) in [5, 5.41) is 11.8. The topological polar surface area (TPSA) is 96.3 Å². The van der Waals surface area contributed by atoms with E-state index in [9.17, 15) is 4.79 Å². The fourth-order valence-electron chi connectivity index (χ4n) is 3.35. The molecule has 0 atom stereocenters. The number of aromatic nitrogens is 4. The molecule has 4 rings (SSSR count). The van der Waals surface area contributed by atoms with Gasteiger partial charge in [0.1, 0.15) is 22.9 Å². The maximum absolute atomic E-state index is 12.8. The van der Waals surface area contributed by atoms with E-state index in [1.54, 1.807) is 44.3 Å². The van der Waals surface area contributed by atoms with Crippen LogP contribution in [-0.4, -0.2) is 39.7 Å². The summed E-state index contributed by atoms with van der Waals surface area (Å²) in [7, 11) is 6.74. The first-order valence-corrected chi connectivity index (χ1v) is 9.61. The maximum Gasteiger partial charge on any atom is 0.269 e. The minimum Gasteiger partial charge on any atom is -0.497 e. The van der Waals surface area contributed by atoms with Gasteiger partial charge in [-0.3, -0.25) is 14.2 Å². The van der Waals surface area contributed by atoms with Crippen molar-refractivity contribution in [2.75, 3.05) is 14.2 Å². The predicted molar refractivity (Wildman–Crippen MR) is 114 cm³/mol. The van der Waals surface area contributed by atoms with Crippen molar-refractivity contribution in [1.29, 1.82) is 0 Å². The van der Waals surface area contributed by atoms with Crippen molar-refractivity contribution in [3.8, 4) is 34.2 Å². The van der Waals surface area contributed by atoms with Gasteiger partial charge in [0, 0.05) is 19.7 Å². The Morgan fingerprint density at radius 3 is 2.61 bits per heavy atom. The molecule has 31 heavy (non-hydrogen) atoms. The van der Waals surface area contributed by atoms with E-state index in [-0.39, 0.29) is 12.5 Å². The van der Waals surface area contributed by atoms with E-state index < -0.39 is 0 Å². The average molecular weight is 421 g/mol. The minimum absolute atomic E-state index is 0.256. The Hall–Kier alpha value is -4.01. The van der Waals surface area contributed by atoms with Crippen molar-refractivity contribution in [3.05, 3.63) is 60.1 Å². The normalized spacial score (nSPS) is 10.8. The van der Waals surface area contributed by atoms with Gasteiger partial charge in [-0.2, -0.15) is 10.2 Å². The Morgan fingerprint density at radius 2 is 1.90 bits per heavy atom. The van der Waals surface area contributed by atoms with Gasteiger partial charge in [-0.05, 0) is 42.5 Å². The van der Waals surface area contributed by atoms with E-state index in [0.717, 1.165) is 22.7 Å². The summed E-state index contributed by atoms with van der Waals surface area (Å²) in [5.41, 5.74) is 3.33. The van der Waals surface area contributed by atoms with Crippen molar-refractivity contribution in [3.63, 3.8) is 0 Å². The van der Waals surface area contributed by atoms with Gasteiger partial charge in [0.15, 0.2) is 5.76 Å². The van der Waals surface area contributed by atoms with E-state index >= 15 is 0 Å². The highest BCUT2D eigenvalue weighted by Crippen LogP contribution is 2.33. The maximum atomic E-state index is 12.8. The highest BCUT2D eigenvalue weighted by atomic mass is 16.5. The molecular formula is C22H23N5O4. The van der Waals surface area contributed by atoms with Crippen LogP contribution < -0.4 is 14.8 Å². The number of methoxy groups -OCH3 is 2. The molecule has 0 radical (unpaired) electrons. The smallest absolute Gasteiger partial charge is 0.269 e. The molecule has 0 saturated carbocycles. The summed E-state index contributed by atoms with van der Waals surface area (Å²) in [6, 6.07) is 12.7. The number of nitrogens with zero attached hydrogens (tertiary/aromatic N) is 4. The molecule has 3 aromatic heterocycles. The second kappa shape index (κ2) is 8.39.